The molecule has 0 spiro atoms. The molecule has 128 valence electrons. The van der Waals surface area contributed by atoms with Crippen LogP contribution in [-0.4, -0.2) is 47.1 Å². The summed E-state index contributed by atoms with van der Waals surface area (Å²) in [5, 5.41) is 3.36. The van der Waals surface area contributed by atoms with Crippen LogP contribution in [0, 0.1) is 0 Å². The van der Waals surface area contributed by atoms with Gasteiger partial charge in [0.05, 0.1) is 7.11 Å². The number of nitrogens with one attached hydrogen (secondary N) is 1. The second-order valence-corrected chi connectivity index (χ2v) is 6.05. The molecule has 24 heavy (non-hydrogen) atoms. The molecule has 0 aliphatic carbocycles. The van der Waals surface area contributed by atoms with Gasteiger partial charge in [-0.1, -0.05) is 12.1 Å². The van der Waals surface area contributed by atoms with Gasteiger partial charge in [-0.2, -0.15) is 0 Å². The second kappa shape index (κ2) is 7.49. The van der Waals surface area contributed by atoms with E-state index >= 15 is 0 Å². The number of aromatic nitrogens is 2. The van der Waals surface area contributed by atoms with Gasteiger partial charge in [0.2, 0.25) is 5.91 Å². The Labute approximate surface area is 142 Å². The average Bonchev–Trinajstić information content (AvgIpc) is 3.06. The molecule has 0 bridgehead atoms. The van der Waals surface area contributed by atoms with Gasteiger partial charge in [0.25, 0.3) is 0 Å². The predicted octanol–water partition coefficient (Wildman–Crippen LogP) is 1.53. The van der Waals surface area contributed by atoms with Gasteiger partial charge < -0.3 is 19.5 Å². The molecule has 0 saturated carbocycles. The highest BCUT2D eigenvalue weighted by molar-refractivity contribution is 5.77. The highest BCUT2D eigenvalue weighted by Crippen LogP contribution is 2.22. The van der Waals surface area contributed by atoms with Gasteiger partial charge in [0.15, 0.2) is 0 Å². The molecule has 1 atom stereocenters. The van der Waals surface area contributed by atoms with Gasteiger partial charge in [0, 0.05) is 45.5 Å². The van der Waals surface area contributed by atoms with Crippen LogP contribution < -0.4 is 10.1 Å². The maximum Gasteiger partial charge on any atom is 0.223 e. The Morgan fingerprint density at radius 2 is 2.17 bits per heavy atom. The van der Waals surface area contributed by atoms with E-state index in [2.05, 4.69) is 10.3 Å². The number of piperazine rings is 1. The van der Waals surface area contributed by atoms with E-state index in [-0.39, 0.29) is 11.9 Å². The number of hydrogen-bond donors (Lipinski definition) is 1. The van der Waals surface area contributed by atoms with Gasteiger partial charge in [0.1, 0.15) is 17.6 Å². The molecule has 1 aliphatic heterocycles. The first-order valence-electron chi connectivity index (χ1n) is 8.29. The van der Waals surface area contributed by atoms with Crippen LogP contribution in [0.2, 0.25) is 0 Å². The zero-order chi connectivity index (χ0) is 16.9. The Kier molecular flexibility index (Phi) is 5.15. The molecule has 1 aromatic heterocycles. The fraction of sp³-hybridized carbons (Fsp3) is 0.444. The molecule has 1 N–H and O–H groups in total. The van der Waals surface area contributed by atoms with Gasteiger partial charge in [-0.25, -0.2) is 4.98 Å². The Balaban J connectivity index is 1.64. The van der Waals surface area contributed by atoms with Crippen LogP contribution in [0.3, 0.4) is 0 Å². The van der Waals surface area contributed by atoms with Crippen molar-refractivity contribution in [3.8, 4) is 5.75 Å². The summed E-state index contributed by atoms with van der Waals surface area (Å²) in [6.45, 7) is 2.30. The predicted molar refractivity (Wildman–Crippen MR) is 91.8 cm³/mol. The normalized spacial score (nSPS) is 17.8. The van der Waals surface area contributed by atoms with Crippen LogP contribution in [0.25, 0.3) is 0 Å². The summed E-state index contributed by atoms with van der Waals surface area (Å²) in [4.78, 5) is 19.1. The van der Waals surface area contributed by atoms with E-state index in [0.29, 0.717) is 6.42 Å². The summed E-state index contributed by atoms with van der Waals surface area (Å²) >= 11 is 0. The van der Waals surface area contributed by atoms with Gasteiger partial charge in [-0.15, -0.1) is 0 Å². The number of benzene rings is 1. The molecule has 1 unspecified atom stereocenters. The summed E-state index contributed by atoms with van der Waals surface area (Å²) < 4.78 is 7.15. The van der Waals surface area contributed by atoms with Gasteiger partial charge in [-0.3, -0.25) is 4.79 Å². The number of imidazole rings is 1. The maximum absolute atomic E-state index is 12.7. The first-order chi connectivity index (χ1) is 11.7. The smallest absolute Gasteiger partial charge is 0.223 e. The maximum atomic E-state index is 12.7. The third-order valence-electron chi connectivity index (χ3n) is 4.51. The van der Waals surface area contributed by atoms with Crippen molar-refractivity contribution in [3.63, 3.8) is 0 Å². The molecular weight excluding hydrogens is 304 g/mol. The third kappa shape index (κ3) is 3.59. The van der Waals surface area contributed by atoms with E-state index in [1.54, 1.807) is 13.3 Å². The lowest BCUT2D eigenvalue weighted by Gasteiger charge is -2.35. The molecular formula is C18H24N4O2. The molecule has 1 aromatic carbocycles. The lowest BCUT2D eigenvalue weighted by atomic mass is 10.1. The molecule has 3 rings (SSSR count). The van der Waals surface area contributed by atoms with Crippen LogP contribution in [-0.2, 0) is 18.3 Å². The van der Waals surface area contributed by atoms with E-state index in [0.717, 1.165) is 43.2 Å². The van der Waals surface area contributed by atoms with Crippen molar-refractivity contribution in [1.82, 2.24) is 19.8 Å². The number of rotatable bonds is 5. The zero-order valence-corrected chi connectivity index (χ0v) is 14.2. The topological polar surface area (TPSA) is 59.4 Å². The molecule has 1 saturated heterocycles. The van der Waals surface area contributed by atoms with Crippen LogP contribution >= 0.6 is 0 Å². The second-order valence-electron chi connectivity index (χ2n) is 6.05. The summed E-state index contributed by atoms with van der Waals surface area (Å²) in [6.07, 6.45) is 4.95. The summed E-state index contributed by atoms with van der Waals surface area (Å²) in [5.74, 6) is 1.95. The minimum Gasteiger partial charge on any atom is -0.497 e. The summed E-state index contributed by atoms with van der Waals surface area (Å²) in [5.41, 5.74) is 1.15. The molecule has 1 aliphatic rings. The largest absolute Gasteiger partial charge is 0.497 e. The number of methoxy groups -OCH3 is 1. The van der Waals surface area contributed by atoms with Crippen molar-refractivity contribution in [2.75, 3.05) is 26.7 Å². The number of hydrogen-bond acceptors (Lipinski definition) is 4. The summed E-state index contributed by atoms with van der Waals surface area (Å²) in [6, 6.07) is 7.89. The van der Waals surface area contributed by atoms with Crippen molar-refractivity contribution in [2.24, 2.45) is 7.05 Å². The van der Waals surface area contributed by atoms with Crippen molar-refractivity contribution in [3.05, 3.63) is 48.0 Å². The fourth-order valence-corrected chi connectivity index (χ4v) is 3.12. The van der Waals surface area contributed by atoms with E-state index in [4.69, 9.17) is 4.74 Å². The number of aryl methyl sites for hydroxylation is 2. The lowest BCUT2D eigenvalue weighted by Crippen LogP contribution is -2.49. The molecule has 1 fully saturated rings. The Morgan fingerprint density at radius 3 is 2.83 bits per heavy atom. The minimum absolute atomic E-state index is 0.00196. The highest BCUT2D eigenvalue weighted by atomic mass is 16.5. The average molecular weight is 328 g/mol. The number of nitrogens with zero attached hydrogens (tertiary/aromatic N) is 3. The Bertz CT molecular complexity index is 681. The standard InChI is InChI=1S/C18H24N4O2/c1-21-11-10-20-18(21)16-13-19-9-12-22(16)17(23)8-5-14-3-6-15(24-2)7-4-14/h3-4,6-7,10-11,16,19H,5,8-9,12-13H2,1-2H3. The van der Waals surface area contributed by atoms with Crippen molar-refractivity contribution >= 4 is 5.91 Å². The van der Waals surface area contributed by atoms with Crippen LogP contribution in [0.1, 0.15) is 23.9 Å². The molecule has 1 amide bonds. The zero-order valence-electron chi connectivity index (χ0n) is 14.2. The van der Waals surface area contributed by atoms with E-state index in [1.165, 1.54) is 0 Å². The van der Waals surface area contributed by atoms with Crippen molar-refractivity contribution in [2.45, 2.75) is 18.9 Å². The lowest BCUT2D eigenvalue weighted by molar-refractivity contribution is -0.134. The monoisotopic (exact) mass is 328 g/mol. The van der Waals surface area contributed by atoms with Crippen molar-refractivity contribution in [1.29, 1.82) is 0 Å². The number of carbonyl (C=O) groups is 1. The van der Waals surface area contributed by atoms with E-state index in [9.17, 15) is 4.79 Å². The third-order valence-corrected chi connectivity index (χ3v) is 4.51. The van der Waals surface area contributed by atoms with Crippen molar-refractivity contribution < 1.29 is 9.53 Å². The molecule has 0 radical (unpaired) electrons. The van der Waals surface area contributed by atoms with Crippen LogP contribution in [0.5, 0.6) is 5.75 Å². The first-order valence-corrected chi connectivity index (χ1v) is 8.29. The Hall–Kier alpha value is -2.34. The SMILES string of the molecule is COc1ccc(CCC(=O)N2CCNCC2c2nccn2C)cc1. The first kappa shape index (κ1) is 16.5. The summed E-state index contributed by atoms with van der Waals surface area (Å²) in [7, 11) is 3.62. The van der Waals surface area contributed by atoms with Crippen LogP contribution in [0.15, 0.2) is 36.7 Å². The van der Waals surface area contributed by atoms with E-state index < -0.39 is 0 Å². The molecule has 6 nitrogen and oxygen atoms in total. The molecule has 2 heterocycles. The van der Waals surface area contributed by atoms with Gasteiger partial charge >= 0.3 is 0 Å². The number of ether oxygens (including phenoxy) is 1. The molecule has 2 aromatic rings. The van der Waals surface area contributed by atoms with Gasteiger partial charge in [-0.05, 0) is 24.1 Å². The van der Waals surface area contributed by atoms with E-state index in [1.807, 2.05) is 47.0 Å². The minimum atomic E-state index is 0.00196. The highest BCUT2D eigenvalue weighted by Gasteiger charge is 2.29. The fourth-order valence-electron chi connectivity index (χ4n) is 3.12. The quantitative estimate of drug-likeness (QED) is 0.904. The van der Waals surface area contributed by atoms with Crippen LogP contribution in [0.4, 0.5) is 0 Å². The number of amides is 1. The molecule has 6 heteroatoms. The Morgan fingerprint density at radius 1 is 1.38 bits per heavy atom. The number of carbonyl (C=O) groups excluding carboxylic acids is 1.